The van der Waals surface area contributed by atoms with Crippen LogP contribution >= 0.6 is 11.6 Å². The highest BCUT2D eigenvalue weighted by atomic mass is 35.5. The standard InChI is InChI=1S/C15H12ClN5O/c16-12-13(11-8-4-5-9-18-11)20-21(14(12)19-15(17)22)10-6-2-1-3-7-10/h1-9H,(H3,17,19,22). The number of halogens is 1. The number of hydrogen-bond acceptors (Lipinski definition) is 3. The van der Waals surface area contributed by atoms with Gasteiger partial charge in [0.05, 0.1) is 11.4 Å². The molecule has 0 saturated heterocycles. The smallest absolute Gasteiger partial charge is 0.317 e. The van der Waals surface area contributed by atoms with Crippen molar-refractivity contribution < 1.29 is 4.79 Å². The molecule has 22 heavy (non-hydrogen) atoms. The van der Waals surface area contributed by atoms with Gasteiger partial charge in [0.25, 0.3) is 0 Å². The molecule has 0 fully saturated rings. The van der Waals surface area contributed by atoms with Gasteiger partial charge in [0.15, 0.2) is 5.82 Å². The zero-order valence-corrected chi connectivity index (χ0v) is 12.2. The summed E-state index contributed by atoms with van der Waals surface area (Å²) in [5.74, 6) is 0.306. The number of nitrogens with one attached hydrogen (secondary N) is 1. The first-order valence-corrected chi connectivity index (χ1v) is 6.86. The van der Waals surface area contributed by atoms with E-state index in [0.717, 1.165) is 5.69 Å². The number of carbonyl (C=O) groups is 1. The molecule has 0 aliphatic carbocycles. The fourth-order valence-corrected chi connectivity index (χ4v) is 2.31. The summed E-state index contributed by atoms with van der Waals surface area (Å²) >= 11 is 6.36. The van der Waals surface area contributed by atoms with E-state index in [4.69, 9.17) is 17.3 Å². The Kier molecular flexibility index (Phi) is 3.76. The summed E-state index contributed by atoms with van der Waals surface area (Å²) in [6, 6.07) is 14.0. The van der Waals surface area contributed by atoms with Gasteiger partial charge < -0.3 is 5.73 Å². The van der Waals surface area contributed by atoms with Crippen LogP contribution in [0.25, 0.3) is 17.1 Å². The average Bonchev–Trinajstić information content (AvgIpc) is 2.86. The molecule has 3 N–H and O–H groups in total. The Morgan fingerprint density at radius 2 is 1.86 bits per heavy atom. The molecule has 2 aromatic heterocycles. The number of amides is 2. The largest absolute Gasteiger partial charge is 0.351 e. The number of aromatic nitrogens is 3. The minimum absolute atomic E-state index is 0.279. The Bertz CT molecular complexity index is 802. The van der Waals surface area contributed by atoms with E-state index in [0.29, 0.717) is 17.2 Å². The van der Waals surface area contributed by atoms with E-state index in [2.05, 4.69) is 15.4 Å². The minimum Gasteiger partial charge on any atom is -0.351 e. The Morgan fingerprint density at radius 3 is 2.50 bits per heavy atom. The summed E-state index contributed by atoms with van der Waals surface area (Å²) in [4.78, 5) is 15.5. The predicted octanol–water partition coefficient (Wildman–Crippen LogP) is 3.08. The molecule has 2 heterocycles. The van der Waals surface area contributed by atoms with E-state index in [9.17, 15) is 4.79 Å². The van der Waals surface area contributed by atoms with Crippen LogP contribution in [0, 0.1) is 0 Å². The van der Waals surface area contributed by atoms with Gasteiger partial charge in [-0.3, -0.25) is 10.3 Å². The van der Waals surface area contributed by atoms with Crippen LogP contribution in [0.1, 0.15) is 0 Å². The van der Waals surface area contributed by atoms with E-state index in [1.54, 1.807) is 18.3 Å². The molecular formula is C15H12ClN5O. The van der Waals surface area contributed by atoms with Crippen LogP contribution in [0.3, 0.4) is 0 Å². The number of urea groups is 1. The maximum Gasteiger partial charge on any atom is 0.317 e. The first-order valence-electron chi connectivity index (χ1n) is 6.48. The molecule has 0 aliphatic heterocycles. The van der Waals surface area contributed by atoms with Crippen LogP contribution in [0.2, 0.25) is 5.02 Å². The number of primary amides is 1. The number of carbonyl (C=O) groups excluding carboxylic acids is 1. The second-order valence-electron chi connectivity index (χ2n) is 4.46. The minimum atomic E-state index is -0.716. The van der Waals surface area contributed by atoms with E-state index < -0.39 is 6.03 Å². The molecule has 2 amide bonds. The van der Waals surface area contributed by atoms with Crippen LogP contribution in [0.4, 0.5) is 10.6 Å². The van der Waals surface area contributed by atoms with Gasteiger partial charge in [0, 0.05) is 6.20 Å². The van der Waals surface area contributed by atoms with Crippen LogP contribution < -0.4 is 11.1 Å². The van der Waals surface area contributed by atoms with E-state index >= 15 is 0 Å². The Hall–Kier alpha value is -2.86. The molecule has 3 rings (SSSR count). The number of anilines is 1. The van der Waals surface area contributed by atoms with E-state index in [1.165, 1.54) is 4.68 Å². The zero-order valence-electron chi connectivity index (χ0n) is 11.4. The summed E-state index contributed by atoms with van der Waals surface area (Å²) in [5.41, 5.74) is 7.04. The number of nitrogens with two attached hydrogens (primary N) is 1. The van der Waals surface area contributed by atoms with Gasteiger partial charge in [-0.1, -0.05) is 35.9 Å². The van der Waals surface area contributed by atoms with Crippen molar-refractivity contribution >= 4 is 23.4 Å². The van der Waals surface area contributed by atoms with Crippen LogP contribution in [-0.2, 0) is 0 Å². The third-order valence-electron chi connectivity index (χ3n) is 2.98. The first-order chi connectivity index (χ1) is 10.7. The van der Waals surface area contributed by atoms with Gasteiger partial charge in [-0.2, -0.15) is 5.10 Å². The highest BCUT2D eigenvalue weighted by Gasteiger charge is 2.20. The molecule has 0 unspecified atom stereocenters. The van der Waals surface area contributed by atoms with E-state index in [-0.39, 0.29) is 5.02 Å². The van der Waals surface area contributed by atoms with Crippen molar-refractivity contribution in [2.75, 3.05) is 5.32 Å². The second kappa shape index (κ2) is 5.87. The van der Waals surface area contributed by atoms with Crippen molar-refractivity contribution in [2.24, 2.45) is 5.73 Å². The van der Waals surface area contributed by atoms with Gasteiger partial charge in [0.2, 0.25) is 0 Å². The highest BCUT2D eigenvalue weighted by molar-refractivity contribution is 6.36. The molecule has 7 heteroatoms. The third-order valence-corrected chi connectivity index (χ3v) is 3.34. The maximum atomic E-state index is 11.2. The highest BCUT2D eigenvalue weighted by Crippen LogP contribution is 2.34. The SMILES string of the molecule is NC(=O)Nc1c(Cl)c(-c2ccccn2)nn1-c1ccccc1. The monoisotopic (exact) mass is 313 g/mol. The molecule has 6 nitrogen and oxygen atoms in total. The van der Waals surface area contributed by atoms with Gasteiger partial charge in [-0.05, 0) is 24.3 Å². The lowest BCUT2D eigenvalue weighted by atomic mass is 10.3. The van der Waals surface area contributed by atoms with Crippen molar-refractivity contribution in [3.63, 3.8) is 0 Å². The van der Waals surface area contributed by atoms with E-state index in [1.807, 2.05) is 36.4 Å². The topological polar surface area (TPSA) is 85.8 Å². The summed E-state index contributed by atoms with van der Waals surface area (Å²) in [6.07, 6.45) is 1.65. The van der Waals surface area contributed by atoms with Crippen molar-refractivity contribution in [3.8, 4) is 17.1 Å². The van der Waals surface area contributed by atoms with Crippen molar-refractivity contribution in [1.29, 1.82) is 0 Å². The lowest BCUT2D eigenvalue weighted by Gasteiger charge is -2.07. The van der Waals surface area contributed by atoms with Crippen molar-refractivity contribution in [1.82, 2.24) is 14.8 Å². The molecule has 0 atom stereocenters. The number of nitrogens with zero attached hydrogens (tertiary/aromatic N) is 3. The summed E-state index contributed by atoms with van der Waals surface area (Å²) in [7, 11) is 0. The molecule has 0 spiro atoms. The summed E-state index contributed by atoms with van der Waals surface area (Å²) < 4.78 is 1.52. The lowest BCUT2D eigenvalue weighted by molar-refractivity contribution is 0.259. The summed E-state index contributed by atoms with van der Waals surface area (Å²) in [5, 5.41) is 7.24. The quantitative estimate of drug-likeness (QED) is 0.779. The van der Waals surface area contributed by atoms with Gasteiger partial charge >= 0.3 is 6.03 Å². The molecule has 0 saturated carbocycles. The predicted molar refractivity (Wildman–Crippen MR) is 85.0 cm³/mol. The lowest BCUT2D eigenvalue weighted by Crippen LogP contribution is -2.21. The molecule has 110 valence electrons. The van der Waals surface area contributed by atoms with Crippen molar-refractivity contribution in [2.45, 2.75) is 0 Å². The second-order valence-corrected chi connectivity index (χ2v) is 4.84. The number of rotatable bonds is 3. The normalized spacial score (nSPS) is 10.4. The van der Waals surface area contributed by atoms with Crippen LogP contribution in [-0.4, -0.2) is 20.8 Å². The molecule has 3 aromatic rings. The van der Waals surface area contributed by atoms with Gasteiger partial charge in [-0.15, -0.1) is 0 Å². The molecule has 0 bridgehead atoms. The molecule has 0 aliphatic rings. The number of para-hydroxylation sites is 1. The molecule has 1 aromatic carbocycles. The van der Waals surface area contributed by atoms with Gasteiger partial charge in [0.1, 0.15) is 10.7 Å². The fourth-order valence-electron chi connectivity index (χ4n) is 2.05. The maximum absolute atomic E-state index is 11.2. The Labute approximate surface area is 131 Å². The zero-order chi connectivity index (χ0) is 15.5. The fraction of sp³-hybridized carbons (Fsp3) is 0. The average molecular weight is 314 g/mol. The number of pyridine rings is 1. The van der Waals surface area contributed by atoms with Crippen molar-refractivity contribution in [3.05, 3.63) is 59.8 Å². The Balaban J connectivity index is 2.19. The summed E-state index contributed by atoms with van der Waals surface area (Å²) in [6.45, 7) is 0. The first kappa shape index (κ1) is 14.1. The Morgan fingerprint density at radius 1 is 1.14 bits per heavy atom. The molecule has 0 radical (unpaired) electrons. The van der Waals surface area contributed by atoms with Crippen LogP contribution in [0.5, 0.6) is 0 Å². The molecular weight excluding hydrogens is 302 g/mol. The number of benzene rings is 1. The number of hydrogen-bond donors (Lipinski definition) is 2. The van der Waals surface area contributed by atoms with Crippen LogP contribution in [0.15, 0.2) is 54.7 Å². The third kappa shape index (κ3) is 2.64. The van der Waals surface area contributed by atoms with Gasteiger partial charge in [-0.25, -0.2) is 9.48 Å².